The molecular weight excluding hydrogens is 210 g/mol. The smallest absolute Gasteiger partial charge is 0.339 e. The fourth-order valence-corrected chi connectivity index (χ4v) is 1.23. The Morgan fingerprint density at radius 3 is 2.25 bits per heavy atom. The maximum absolute atomic E-state index is 11.4. The summed E-state index contributed by atoms with van der Waals surface area (Å²) >= 11 is 0. The third-order valence-corrected chi connectivity index (χ3v) is 2.32. The van der Waals surface area contributed by atoms with Crippen LogP contribution in [-0.4, -0.2) is 26.2 Å². The van der Waals surface area contributed by atoms with E-state index in [1.54, 1.807) is 0 Å². The van der Waals surface area contributed by atoms with Crippen molar-refractivity contribution in [3.8, 4) is 0 Å². The molecule has 0 aromatic carbocycles. The maximum atomic E-state index is 11.4. The number of hydrogen-bond acceptors (Lipinski definition) is 5. The lowest BCUT2D eigenvalue weighted by molar-refractivity contribution is -0.135. The van der Waals surface area contributed by atoms with E-state index in [1.807, 2.05) is 0 Å². The van der Waals surface area contributed by atoms with Crippen LogP contribution in [0.5, 0.6) is 0 Å². The maximum Gasteiger partial charge on any atom is 0.339 e. The molecule has 2 N–H and O–H groups in total. The first-order chi connectivity index (χ1) is 7.60. The number of rotatable bonds is 4. The first-order valence-electron chi connectivity index (χ1n) is 4.94. The van der Waals surface area contributed by atoms with Crippen molar-refractivity contribution >= 4 is 11.9 Å². The Kier molecular flexibility index (Phi) is 4.10. The van der Waals surface area contributed by atoms with Gasteiger partial charge >= 0.3 is 11.9 Å². The van der Waals surface area contributed by atoms with Crippen molar-refractivity contribution in [1.29, 1.82) is 0 Å². The van der Waals surface area contributed by atoms with Gasteiger partial charge < -0.3 is 15.2 Å². The van der Waals surface area contributed by atoms with Crippen LogP contribution in [0.2, 0.25) is 0 Å². The van der Waals surface area contributed by atoms with E-state index in [2.05, 4.69) is 9.47 Å². The van der Waals surface area contributed by atoms with E-state index in [-0.39, 0.29) is 11.5 Å². The molecule has 0 unspecified atom stereocenters. The Labute approximate surface area is 93.9 Å². The summed E-state index contributed by atoms with van der Waals surface area (Å²) in [5, 5.41) is 0. The third kappa shape index (κ3) is 3.12. The van der Waals surface area contributed by atoms with Crippen molar-refractivity contribution in [2.45, 2.75) is 12.8 Å². The van der Waals surface area contributed by atoms with Gasteiger partial charge in [-0.1, -0.05) is 0 Å². The fraction of sp³-hybridized carbons (Fsp3) is 0.455. The predicted molar refractivity (Wildman–Crippen MR) is 57.1 cm³/mol. The summed E-state index contributed by atoms with van der Waals surface area (Å²) < 4.78 is 9.03. The highest BCUT2D eigenvalue weighted by molar-refractivity contribution is 5.94. The summed E-state index contributed by atoms with van der Waals surface area (Å²) in [6.45, 7) is 0. The van der Waals surface area contributed by atoms with Gasteiger partial charge in [0.15, 0.2) is 0 Å². The molecule has 1 rings (SSSR count). The molecule has 0 aromatic heterocycles. The van der Waals surface area contributed by atoms with E-state index in [4.69, 9.17) is 5.73 Å². The number of ether oxygens (including phenoxy) is 2. The lowest BCUT2D eigenvalue weighted by atomic mass is 10.1. The lowest BCUT2D eigenvalue weighted by Crippen LogP contribution is -2.13. The van der Waals surface area contributed by atoms with Gasteiger partial charge in [0.2, 0.25) is 0 Å². The summed E-state index contributed by atoms with van der Waals surface area (Å²) in [6, 6.07) is 0. The van der Waals surface area contributed by atoms with E-state index < -0.39 is 11.9 Å². The molecule has 0 bridgehead atoms. The molecule has 1 saturated carbocycles. The second-order valence-corrected chi connectivity index (χ2v) is 3.49. The zero-order chi connectivity index (χ0) is 12.1. The van der Waals surface area contributed by atoms with Crippen molar-refractivity contribution in [2.24, 2.45) is 11.7 Å². The number of allylic oxidation sites excluding steroid dienone is 1. The van der Waals surface area contributed by atoms with Crippen LogP contribution in [0.3, 0.4) is 0 Å². The molecule has 0 radical (unpaired) electrons. The molecule has 1 aliphatic rings. The first-order valence-corrected chi connectivity index (χ1v) is 4.94. The normalized spacial score (nSPS) is 16.9. The second kappa shape index (κ2) is 5.34. The Balaban J connectivity index is 2.87. The van der Waals surface area contributed by atoms with Crippen molar-refractivity contribution < 1.29 is 19.1 Å². The van der Waals surface area contributed by atoms with Gasteiger partial charge in [-0.05, 0) is 24.8 Å². The standard InChI is InChI=1S/C11H15NO4/c1-15-9(13)6-5-8(11(14)16-2)10(12)7-3-4-7/h5-7H,3-4,12H2,1-2H3/b6-5+,10-8+. The molecule has 1 aliphatic carbocycles. The molecule has 0 aliphatic heterocycles. The minimum absolute atomic E-state index is 0.232. The summed E-state index contributed by atoms with van der Waals surface area (Å²) in [4.78, 5) is 22.3. The van der Waals surface area contributed by atoms with Gasteiger partial charge in [0.05, 0.1) is 19.8 Å². The zero-order valence-electron chi connectivity index (χ0n) is 9.36. The van der Waals surface area contributed by atoms with Gasteiger partial charge in [0.25, 0.3) is 0 Å². The minimum Gasteiger partial charge on any atom is -0.466 e. The molecule has 16 heavy (non-hydrogen) atoms. The number of hydrogen-bond donors (Lipinski definition) is 1. The quantitative estimate of drug-likeness (QED) is 0.428. The van der Waals surface area contributed by atoms with Gasteiger partial charge in [-0.3, -0.25) is 0 Å². The molecule has 0 heterocycles. The molecule has 1 fully saturated rings. The summed E-state index contributed by atoms with van der Waals surface area (Å²) in [6.07, 6.45) is 4.43. The fourth-order valence-electron chi connectivity index (χ4n) is 1.23. The molecule has 5 nitrogen and oxygen atoms in total. The van der Waals surface area contributed by atoms with Gasteiger partial charge in [-0.25, -0.2) is 9.59 Å². The average molecular weight is 225 g/mol. The van der Waals surface area contributed by atoms with E-state index in [0.29, 0.717) is 5.70 Å². The molecule has 0 saturated heterocycles. The predicted octanol–water partition coefficient (Wildman–Crippen LogP) is 0.511. The van der Waals surface area contributed by atoms with Gasteiger partial charge in [0, 0.05) is 11.8 Å². The highest BCUT2D eigenvalue weighted by atomic mass is 16.5. The van der Waals surface area contributed by atoms with Crippen LogP contribution < -0.4 is 5.73 Å². The van der Waals surface area contributed by atoms with E-state index in [9.17, 15) is 9.59 Å². The van der Waals surface area contributed by atoms with Crippen LogP contribution >= 0.6 is 0 Å². The van der Waals surface area contributed by atoms with Crippen molar-refractivity contribution in [3.63, 3.8) is 0 Å². The molecular formula is C11H15NO4. The van der Waals surface area contributed by atoms with Crippen molar-refractivity contribution in [2.75, 3.05) is 14.2 Å². The van der Waals surface area contributed by atoms with Crippen LogP contribution in [-0.2, 0) is 19.1 Å². The van der Waals surface area contributed by atoms with E-state index >= 15 is 0 Å². The lowest BCUT2D eigenvalue weighted by Gasteiger charge is -2.05. The van der Waals surface area contributed by atoms with Crippen LogP contribution in [0, 0.1) is 5.92 Å². The van der Waals surface area contributed by atoms with Crippen LogP contribution in [0.1, 0.15) is 12.8 Å². The summed E-state index contributed by atoms with van der Waals surface area (Å²) in [7, 11) is 2.53. The zero-order valence-corrected chi connectivity index (χ0v) is 9.36. The first kappa shape index (κ1) is 12.3. The number of carbonyl (C=O) groups excluding carboxylic acids is 2. The Morgan fingerprint density at radius 1 is 1.19 bits per heavy atom. The average Bonchev–Trinajstić information content (AvgIpc) is 3.11. The van der Waals surface area contributed by atoms with Crippen LogP contribution in [0.25, 0.3) is 0 Å². The van der Waals surface area contributed by atoms with E-state index in [0.717, 1.165) is 18.9 Å². The monoisotopic (exact) mass is 225 g/mol. The molecule has 88 valence electrons. The van der Waals surface area contributed by atoms with Crippen molar-refractivity contribution in [3.05, 3.63) is 23.4 Å². The number of esters is 2. The SMILES string of the molecule is COC(=O)/C=C/C(C(=O)OC)=C(\N)C1CC1. The molecule has 0 atom stereocenters. The molecule has 0 spiro atoms. The Hall–Kier alpha value is -1.78. The molecule has 0 aromatic rings. The molecule has 0 amide bonds. The summed E-state index contributed by atoms with van der Waals surface area (Å²) in [5.41, 5.74) is 6.51. The molecule has 5 heteroatoms. The number of nitrogens with two attached hydrogens (primary N) is 1. The van der Waals surface area contributed by atoms with Crippen molar-refractivity contribution in [1.82, 2.24) is 0 Å². The third-order valence-electron chi connectivity index (χ3n) is 2.32. The Bertz CT molecular complexity index is 353. The topological polar surface area (TPSA) is 78.6 Å². The largest absolute Gasteiger partial charge is 0.466 e. The number of methoxy groups -OCH3 is 2. The summed E-state index contributed by atoms with van der Waals surface area (Å²) in [5.74, 6) is -0.842. The number of carbonyl (C=O) groups is 2. The van der Waals surface area contributed by atoms with E-state index in [1.165, 1.54) is 20.3 Å². The highest BCUT2D eigenvalue weighted by Gasteiger charge is 2.28. The van der Waals surface area contributed by atoms with Gasteiger partial charge in [-0.15, -0.1) is 0 Å². The minimum atomic E-state index is -0.537. The van der Waals surface area contributed by atoms with Crippen LogP contribution in [0.4, 0.5) is 0 Å². The second-order valence-electron chi connectivity index (χ2n) is 3.49. The highest BCUT2D eigenvalue weighted by Crippen LogP contribution is 2.35. The van der Waals surface area contributed by atoms with Gasteiger partial charge in [-0.2, -0.15) is 0 Å². The van der Waals surface area contributed by atoms with Gasteiger partial charge in [0.1, 0.15) is 0 Å². The Morgan fingerprint density at radius 2 is 1.81 bits per heavy atom. The van der Waals surface area contributed by atoms with Crippen LogP contribution in [0.15, 0.2) is 23.4 Å².